The third-order valence-corrected chi connectivity index (χ3v) is 9.78. The zero-order valence-electron chi connectivity index (χ0n) is 24.6. The maximum absolute atomic E-state index is 6.75. The van der Waals surface area contributed by atoms with E-state index in [2.05, 4.69) is 123 Å². The SMILES string of the molecule is BC12c3cc(C)ccc3Oc3cc(-n4c5ccccc5c5c6oc7ccccc7c6ccc54)cc(c31)Oc1ccc(C)cc12. The molecule has 0 amide bonds. The van der Waals surface area contributed by atoms with Crippen LogP contribution in [0.4, 0.5) is 0 Å². The molecule has 4 heterocycles. The summed E-state index contributed by atoms with van der Waals surface area (Å²) >= 11 is 0. The highest BCUT2D eigenvalue weighted by Crippen LogP contribution is 2.59. The Morgan fingerprint density at radius 3 is 1.93 bits per heavy atom. The number of nitrogens with zero attached hydrogens (tertiary/aromatic N) is 1. The molecule has 0 saturated heterocycles. The average Bonchev–Trinajstić information content (AvgIpc) is 3.57. The Bertz CT molecular complexity index is 2480. The Kier molecular flexibility index (Phi) is 4.46. The van der Waals surface area contributed by atoms with Gasteiger partial charge in [0.15, 0.2) is 0 Å². The molecule has 2 aliphatic heterocycles. The minimum Gasteiger partial charge on any atom is -0.457 e. The quantitative estimate of drug-likeness (QED) is 0.186. The Hall–Kier alpha value is -5.42. The van der Waals surface area contributed by atoms with Crippen LogP contribution in [0, 0.1) is 13.8 Å². The number of rotatable bonds is 1. The van der Waals surface area contributed by atoms with Gasteiger partial charge >= 0.3 is 0 Å². The van der Waals surface area contributed by atoms with E-state index in [1.54, 1.807) is 0 Å². The van der Waals surface area contributed by atoms with E-state index in [0.29, 0.717) is 0 Å². The van der Waals surface area contributed by atoms with Crippen LogP contribution in [0.5, 0.6) is 23.0 Å². The highest BCUT2D eigenvalue weighted by Gasteiger charge is 2.46. The average molecular weight is 567 g/mol. The predicted octanol–water partition coefficient (Wildman–Crippen LogP) is 9.44. The largest absolute Gasteiger partial charge is 0.457 e. The highest BCUT2D eigenvalue weighted by molar-refractivity contribution is 6.24. The number of aromatic nitrogens is 1. The van der Waals surface area contributed by atoms with Crippen molar-refractivity contribution in [3.05, 3.63) is 137 Å². The monoisotopic (exact) mass is 567 g/mol. The molecule has 0 atom stereocenters. The van der Waals surface area contributed by atoms with Crippen LogP contribution in [0.1, 0.15) is 27.8 Å². The second-order valence-corrected chi connectivity index (χ2v) is 12.4. The molecule has 0 bridgehead atoms. The van der Waals surface area contributed by atoms with E-state index in [9.17, 15) is 0 Å². The maximum atomic E-state index is 6.75. The Balaban J connectivity index is 1.30. The third kappa shape index (κ3) is 2.94. The summed E-state index contributed by atoms with van der Waals surface area (Å²) in [6.07, 6.45) is 0. The summed E-state index contributed by atoms with van der Waals surface area (Å²) in [4.78, 5) is 0. The lowest BCUT2D eigenvalue weighted by Crippen LogP contribution is -2.36. The second-order valence-electron chi connectivity index (χ2n) is 12.4. The Morgan fingerprint density at radius 2 is 1.23 bits per heavy atom. The molecule has 2 aromatic heterocycles. The van der Waals surface area contributed by atoms with E-state index in [-0.39, 0.29) is 0 Å². The number of hydrogen-bond donors (Lipinski definition) is 0. The molecule has 6 aromatic carbocycles. The van der Waals surface area contributed by atoms with Crippen molar-refractivity contribution >= 4 is 51.6 Å². The van der Waals surface area contributed by atoms with Gasteiger partial charge < -0.3 is 18.5 Å². The minimum atomic E-state index is -0.427. The number of fused-ring (bicyclic) bond motifs is 11. The van der Waals surface area contributed by atoms with Crippen LogP contribution in [0.15, 0.2) is 114 Å². The molecule has 10 rings (SSSR count). The zero-order valence-corrected chi connectivity index (χ0v) is 24.6. The molecule has 4 nitrogen and oxygen atoms in total. The number of aryl methyl sites for hydroxylation is 2. The van der Waals surface area contributed by atoms with Crippen molar-refractivity contribution in [1.82, 2.24) is 4.57 Å². The van der Waals surface area contributed by atoms with Crippen molar-refractivity contribution in [2.75, 3.05) is 0 Å². The summed E-state index contributed by atoms with van der Waals surface area (Å²) in [7, 11) is 2.31. The van der Waals surface area contributed by atoms with E-state index < -0.39 is 5.31 Å². The molecule has 0 saturated carbocycles. The molecule has 5 heteroatoms. The molecule has 0 unspecified atom stereocenters. The van der Waals surface area contributed by atoms with E-state index >= 15 is 0 Å². The van der Waals surface area contributed by atoms with Crippen LogP contribution in [-0.4, -0.2) is 12.4 Å². The lowest BCUT2D eigenvalue weighted by Gasteiger charge is -2.43. The van der Waals surface area contributed by atoms with Crippen molar-refractivity contribution in [2.24, 2.45) is 0 Å². The fourth-order valence-corrected chi connectivity index (χ4v) is 7.77. The molecule has 8 aromatic rings. The third-order valence-electron chi connectivity index (χ3n) is 9.78. The van der Waals surface area contributed by atoms with Gasteiger partial charge in [-0.1, -0.05) is 71.8 Å². The molecule has 0 radical (unpaired) electrons. The molecule has 0 aliphatic carbocycles. The summed E-state index contributed by atoms with van der Waals surface area (Å²) in [6, 6.07) is 38.6. The van der Waals surface area contributed by atoms with Gasteiger partial charge in [-0.25, -0.2) is 0 Å². The van der Waals surface area contributed by atoms with Crippen LogP contribution in [-0.2, 0) is 5.31 Å². The summed E-state index contributed by atoms with van der Waals surface area (Å²) in [5, 5.41) is 4.07. The second kappa shape index (κ2) is 8.15. The minimum absolute atomic E-state index is 0.427. The Morgan fingerprint density at radius 1 is 0.591 bits per heavy atom. The first-order valence-corrected chi connectivity index (χ1v) is 15.1. The summed E-state index contributed by atoms with van der Waals surface area (Å²) in [5.74, 6) is 3.40. The molecule has 0 N–H and O–H groups in total. The van der Waals surface area contributed by atoms with Gasteiger partial charge in [0.1, 0.15) is 42.0 Å². The topological polar surface area (TPSA) is 36.5 Å². The van der Waals surface area contributed by atoms with Gasteiger partial charge in [0.05, 0.1) is 22.1 Å². The highest BCUT2D eigenvalue weighted by atomic mass is 16.5. The molecule has 0 fully saturated rings. The van der Waals surface area contributed by atoms with Gasteiger partial charge in [0.2, 0.25) is 0 Å². The van der Waals surface area contributed by atoms with Crippen LogP contribution in [0.2, 0.25) is 0 Å². The van der Waals surface area contributed by atoms with Gasteiger partial charge in [0.25, 0.3) is 0 Å². The van der Waals surface area contributed by atoms with Crippen molar-refractivity contribution in [1.29, 1.82) is 0 Å². The van der Waals surface area contributed by atoms with Crippen LogP contribution in [0.25, 0.3) is 49.4 Å². The lowest BCUT2D eigenvalue weighted by molar-refractivity contribution is 0.399. The van der Waals surface area contributed by atoms with Crippen molar-refractivity contribution < 1.29 is 13.9 Å². The molecular formula is C39H26BNO3. The summed E-state index contributed by atoms with van der Waals surface area (Å²) in [5.41, 5.74) is 10.8. The molecule has 208 valence electrons. The standard InChI is InChI=1S/C39H26BNO3/c1-21-11-15-32-27(17-21)39(40)28-18-22(2)12-16-33(28)43-35-20-23(19-34(42-32)37(35)39)41-29-9-5-3-8-26(29)36-30(41)14-13-25-24-7-4-6-10-31(24)44-38(25)36/h3-20H,40H2,1-2H3. The number of hydrogen-bond acceptors (Lipinski definition) is 3. The van der Waals surface area contributed by atoms with Crippen LogP contribution in [0.3, 0.4) is 0 Å². The van der Waals surface area contributed by atoms with E-state index in [1.807, 2.05) is 12.1 Å². The van der Waals surface area contributed by atoms with E-state index in [1.165, 1.54) is 22.3 Å². The predicted molar refractivity (Wildman–Crippen MR) is 179 cm³/mol. The Labute approximate surface area is 254 Å². The lowest BCUT2D eigenvalue weighted by atomic mass is 9.54. The maximum Gasteiger partial charge on any atom is 0.145 e. The fraction of sp³-hybridized carbons (Fsp3) is 0.0769. The normalized spacial score (nSPS) is 14.3. The van der Waals surface area contributed by atoms with Crippen LogP contribution >= 0.6 is 0 Å². The smallest absolute Gasteiger partial charge is 0.145 e. The summed E-state index contributed by atoms with van der Waals surface area (Å²) in [6.45, 7) is 4.28. The van der Waals surface area contributed by atoms with Gasteiger partial charge in [-0.2, -0.15) is 0 Å². The molecular weight excluding hydrogens is 541 g/mol. The zero-order chi connectivity index (χ0) is 29.3. The number of ether oxygens (including phenoxy) is 2. The molecule has 0 spiro atoms. The van der Waals surface area contributed by atoms with E-state index in [0.717, 1.165) is 78.0 Å². The number of para-hydroxylation sites is 2. The van der Waals surface area contributed by atoms with Crippen molar-refractivity contribution in [3.63, 3.8) is 0 Å². The van der Waals surface area contributed by atoms with Crippen LogP contribution < -0.4 is 9.47 Å². The first kappa shape index (κ1) is 24.1. The van der Waals surface area contributed by atoms with Crippen molar-refractivity contribution in [2.45, 2.75) is 19.2 Å². The van der Waals surface area contributed by atoms with Crippen molar-refractivity contribution in [3.8, 4) is 28.7 Å². The molecule has 44 heavy (non-hydrogen) atoms. The molecule has 2 aliphatic rings. The summed E-state index contributed by atoms with van der Waals surface area (Å²) < 4.78 is 22.3. The fourth-order valence-electron chi connectivity index (χ4n) is 7.77. The first-order valence-electron chi connectivity index (χ1n) is 15.1. The van der Waals surface area contributed by atoms with Gasteiger partial charge in [0, 0.05) is 50.3 Å². The number of benzene rings is 6. The van der Waals surface area contributed by atoms with Gasteiger partial charge in [-0.15, -0.1) is 0 Å². The first-order chi connectivity index (χ1) is 21.5. The number of furan rings is 1. The van der Waals surface area contributed by atoms with E-state index in [4.69, 9.17) is 13.9 Å². The van der Waals surface area contributed by atoms with Gasteiger partial charge in [-0.3, -0.25) is 0 Å². The van der Waals surface area contributed by atoms with Gasteiger partial charge in [-0.05, 0) is 50.2 Å².